The summed E-state index contributed by atoms with van der Waals surface area (Å²) < 4.78 is 18.2. The van der Waals surface area contributed by atoms with Crippen LogP contribution in [0.3, 0.4) is 0 Å². The zero-order valence-electron chi connectivity index (χ0n) is 16.7. The van der Waals surface area contributed by atoms with Crippen LogP contribution < -0.4 is 5.32 Å². The van der Waals surface area contributed by atoms with Crippen molar-refractivity contribution in [2.75, 3.05) is 32.8 Å². The van der Waals surface area contributed by atoms with E-state index in [9.17, 15) is 18.8 Å². The summed E-state index contributed by atoms with van der Waals surface area (Å²) in [5.74, 6) is -0.904. The van der Waals surface area contributed by atoms with Crippen molar-refractivity contribution in [2.45, 2.75) is 38.8 Å². The van der Waals surface area contributed by atoms with E-state index < -0.39 is 6.04 Å². The first-order chi connectivity index (χ1) is 14.0. The summed E-state index contributed by atoms with van der Waals surface area (Å²) in [7, 11) is 0. The Morgan fingerprint density at radius 2 is 1.86 bits per heavy atom. The van der Waals surface area contributed by atoms with E-state index in [4.69, 9.17) is 4.74 Å². The van der Waals surface area contributed by atoms with E-state index in [0.29, 0.717) is 52.2 Å². The second-order valence-electron chi connectivity index (χ2n) is 7.52. The first kappa shape index (κ1) is 21.2. The van der Waals surface area contributed by atoms with Crippen molar-refractivity contribution in [3.05, 3.63) is 35.6 Å². The molecule has 0 bridgehead atoms. The third-order valence-electron chi connectivity index (χ3n) is 5.58. The number of nitrogens with zero attached hydrogens (tertiary/aromatic N) is 2. The van der Waals surface area contributed by atoms with Crippen molar-refractivity contribution in [3.63, 3.8) is 0 Å². The van der Waals surface area contributed by atoms with Gasteiger partial charge in [0.25, 0.3) is 0 Å². The van der Waals surface area contributed by atoms with Gasteiger partial charge in [0.15, 0.2) is 0 Å². The zero-order chi connectivity index (χ0) is 20.8. The van der Waals surface area contributed by atoms with Gasteiger partial charge in [0.2, 0.25) is 11.8 Å². The number of amides is 2. The van der Waals surface area contributed by atoms with Crippen LogP contribution in [-0.4, -0.2) is 66.4 Å². The molecule has 0 radical (unpaired) electrons. The summed E-state index contributed by atoms with van der Waals surface area (Å²) in [6.45, 7) is 4.77. The summed E-state index contributed by atoms with van der Waals surface area (Å²) in [6.07, 6.45) is 1.26. The zero-order valence-corrected chi connectivity index (χ0v) is 16.7. The van der Waals surface area contributed by atoms with Gasteiger partial charge < -0.3 is 15.0 Å². The molecule has 1 aromatic carbocycles. The molecule has 1 atom stereocenters. The highest BCUT2D eigenvalue weighted by atomic mass is 19.1. The molecule has 7 nitrogen and oxygen atoms in total. The number of piperazine rings is 1. The molecule has 2 saturated heterocycles. The second kappa shape index (κ2) is 9.82. The number of piperidine rings is 1. The number of nitrogens with one attached hydrogen (secondary N) is 1. The third-order valence-corrected chi connectivity index (χ3v) is 5.58. The number of rotatable bonds is 6. The maximum atomic E-state index is 13.1. The maximum absolute atomic E-state index is 13.1. The molecule has 29 heavy (non-hydrogen) atoms. The van der Waals surface area contributed by atoms with E-state index in [1.54, 1.807) is 24.0 Å². The van der Waals surface area contributed by atoms with Gasteiger partial charge in [-0.3, -0.25) is 19.3 Å². The molecule has 1 aromatic rings. The van der Waals surface area contributed by atoms with Gasteiger partial charge in [0.05, 0.1) is 25.0 Å². The minimum Gasteiger partial charge on any atom is -0.466 e. The van der Waals surface area contributed by atoms with Crippen LogP contribution in [-0.2, 0) is 25.7 Å². The molecule has 0 aromatic heterocycles. The highest BCUT2D eigenvalue weighted by Gasteiger charge is 2.34. The fourth-order valence-electron chi connectivity index (χ4n) is 3.92. The van der Waals surface area contributed by atoms with Gasteiger partial charge in [-0.25, -0.2) is 4.39 Å². The Bertz CT molecular complexity index is 732. The average molecular weight is 405 g/mol. The Balaban J connectivity index is 1.57. The Hall–Kier alpha value is -2.48. The van der Waals surface area contributed by atoms with Crippen molar-refractivity contribution < 1.29 is 23.5 Å². The molecule has 0 saturated carbocycles. The van der Waals surface area contributed by atoms with E-state index in [1.807, 2.05) is 4.90 Å². The summed E-state index contributed by atoms with van der Waals surface area (Å²) >= 11 is 0. The minimum absolute atomic E-state index is 0.0848. The topological polar surface area (TPSA) is 78.9 Å². The van der Waals surface area contributed by atoms with E-state index in [0.717, 1.165) is 5.56 Å². The van der Waals surface area contributed by atoms with Gasteiger partial charge in [-0.1, -0.05) is 12.1 Å². The average Bonchev–Trinajstić information content (AvgIpc) is 2.72. The molecule has 0 spiro atoms. The molecule has 2 aliphatic rings. The Morgan fingerprint density at radius 3 is 2.52 bits per heavy atom. The lowest BCUT2D eigenvalue weighted by Crippen LogP contribution is -2.56. The molecular weight excluding hydrogens is 377 g/mol. The number of carbonyl (C=O) groups is 3. The number of hydrogen-bond donors (Lipinski definition) is 1. The lowest BCUT2D eigenvalue weighted by Gasteiger charge is -2.37. The number of benzene rings is 1. The lowest BCUT2D eigenvalue weighted by molar-refractivity contribution is -0.151. The van der Waals surface area contributed by atoms with Crippen molar-refractivity contribution in [1.82, 2.24) is 15.1 Å². The van der Waals surface area contributed by atoms with Crippen molar-refractivity contribution >= 4 is 17.8 Å². The van der Waals surface area contributed by atoms with E-state index in [2.05, 4.69) is 5.32 Å². The van der Waals surface area contributed by atoms with Gasteiger partial charge in [-0.15, -0.1) is 0 Å². The number of likely N-dealkylation sites (tertiary alicyclic amines) is 1. The maximum Gasteiger partial charge on any atom is 0.309 e. The van der Waals surface area contributed by atoms with Crippen LogP contribution in [0.1, 0.15) is 31.7 Å². The van der Waals surface area contributed by atoms with Crippen LogP contribution in [0.5, 0.6) is 0 Å². The molecule has 2 amide bonds. The number of ether oxygens (including phenoxy) is 1. The predicted molar refractivity (Wildman–Crippen MR) is 104 cm³/mol. The molecular formula is C21H28FN3O4. The molecule has 3 rings (SSSR count). The highest BCUT2D eigenvalue weighted by Crippen LogP contribution is 2.21. The van der Waals surface area contributed by atoms with Gasteiger partial charge in [-0.2, -0.15) is 0 Å². The van der Waals surface area contributed by atoms with Crippen LogP contribution in [0.15, 0.2) is 24.3 Å². The summed E-state index contributed by atoms with van der Waals surface area (Å²) in [5, 5.41) is 2.83. The van der Waals surface area contributed by atoms with Crippen LogP contribution >= 0.6 is 0 Å². The second-order valence-corrected chi connectivity index (χ2v) is 7.52. The predicted octanol–water partition coefficient (Wildman–Crippen LogP) is 1.32. The molecule has 8 heteroatoms. The summed E-state index contributed by atoms with van der Waals surface area (Å²) in [4.78, 5) is 40.8. The molecule has 2 aliphatic heterocycles. The van der Waals surface area contributed by atoms with E-state index in [1.165, 1.54) is 12.1 Å². The highest BCUT2D eigenvalue weighted by molar-refractivity contribution is 5.89. The molecule has 158 valence electrons. The first-order valence-corrected chi connectivity index (χ1v) is 10.2. The Kier molecular flexibility index (Phi) is 7.19. The molecule has 1 N–H and O–H groups in total. The van der Waals surface area contributed by atoms with Crippen molar-refractivity contribution in [1.29, 1.82) is 0 Å². The quantitative estimate of drug-likeness (QED) is 0.722. The van der Waals surface area contributed by atoms with Crippen LogP contribution in [0.4, 0.5) is 4.39 Å². The minimum atomic E-state index is -0.552. The monoisotopic (exact) mass is 405 g/mol. The molecule has 2 fully saturated rings. The third kappa shape index (κ3) is 5.53. The fourth-order valence-corrected chi connectivity index (χ4v) is 3.92. The van der Waals surface area contributed by atoms with E-state index >= 15 is 0 Å². The standard InChI is InChI=1S/C21H28FN3O4/c1-2-29-21(28)16-7-10-24(11-8-16)19(26)13-18-20(27)23-9-12-25(18)14-15-3-5-17(22)6-4-15/h3-6,16,18H,2,7-14H2,1H3,(H,23,27). The lowest BCUT2D eigenvalue weighted by atomic mass is 9.96. The van der Waals surface area contributed by atoms with E-state index in [-0.39, 0.29) is 35.9 Å². The Labute approximate surface area is 170 Å². The van der Waals surface area contributed by atoms with Crippen LogP contribution in [0.25, 0.3) is 0 Å². The van der Waals surface area contributed by atoms with Crippen molar-refractivity contribution in [2.24, 2.45) is 5.92 Å². The first-order valence-electron chi connectivity index (χ1n) is 10.2. The Morgan fingerprint density at radius 1 is 1.17 bits per heavy atom. The number of halogens is 1. The number of carbonyl (C=O) groups excluding carboxylic acids is 3. The molecule has 0 aliphatic carbocycles. The van der Waals surface area contributed by atoms with Gasteiger partial charge in [0, 0.05) is 32.7 Å². The van der Waals surface area contributed by atoms with Crippen molar-refractivity contribution in [3.8, 4) is 0 Å². The number of hydrogen-bond acceptors (Lipinski definition) is 5. The molecule has 2 heterocycles. The van der Waals surface area contributed by atoms with Gasteiger partial charge >= 0.3 is 5.97 Å². The number of esters is 1. The summed E-state index contributed by atoms with van der Waals surface area (Å²) in [6, 6.07) is 5.63. The largest absolute Gasteiger partial charge is 0.466 e. The summed E-state index contributed by atoms with van der Waals surface area (Å²) in [5.41, 5.74) is 0.897. The fraction of sp³-hybridized carbons (Fsp3) is 0.571. The molecule has 1 unspecified atom stereocenters. The van der Waals surface area contributed by atoms with Gasteiger partial charge in [0.1, 0.15) is 5.82 Å². The van der Waals surface area contributed by atoms with Crippen LogP contribution in [0.2, 0.25) is 0 Å². The normalized spacial score (nSPS) is 21.0. The SMILES string of the molecule is CCOC(=O)C1CCN(C(=O)CC2C(=O)NCCN2Cc2ccc(F)cc2)CC1. The van der Waals surface area contributed by atoms with Gasteiger partial charge in [-0.05, 0) is 37.5 Å². The van der Waals surface area contributed by atoms with Crippen LogP contribution in [0, 0.1) is 11.7 Å². The smallest absolute Gasteiger partial charge is 0.309 e.